The largest absolute Gasteiger partial charge is 0.491 e. The average molecular weight is 1130 g/mol. The van der Waals surface area contributed by atoms with E-state index in [-0.39, 0.29) is 59.2 Å². The van der Waals surface area contributed by atoms with E-state index in [1.807, 2.05) is 30.5 Å². The minimum absolute atomic E-state index is 0.0318. The Morgan fingerprint density at radius 2 is 1.65 bits per heavy atom. The lowest BCUT2D eigenvalue weighted by atomic mass is 9.59. The summed E-state index contributed by atoms with van der Waals surface area (Å²) in [6.07, 6.45) is 13.0. The van der Waals surface area contributed by atoms with E-state index in [0.717, 1.165) is 94.1 Å². The summed E-state index contributed by atoms with van der Waals surface area (Å²) in [7, 11) is -4.71. The number of aromatic amines is 1. The van der Waals surface area contributed by atoms with Gasteiger partial charge in [0.25, 0.3) is 21.6 Å². The van der Waals surface area contributed by atoms with Crippen molar-refractivity contribution in [2.24, 2.45) is 16.7 Å². The maximum Gasteiger partial charge on any atom is 0.297 e. The molecular weight excluding hydrogens is 1050 g/mol. The molecule has 0 radical (unpaired) electrons. The van der Waals surface area contributed by atoms with Crippen LogP contribution in [0.2, 0.25) is 0 Å². The summed E-state index contributed by atoms with van der Waals surface area (Å²) in [6, 6.07) is 21.4. The molecule has 8 heterocycles. The second-order valence-corrected chi connectivity index (χ2v) is 27.0. The zero-order valence-corrected chi connectivity index (χ0v) is 47.9. The Bertz CT molecular complexity index is 3280. The molecule has 6 aliphatic heterocycles. The van der Waals surface area contributed by atoms with Crippen molar-refractivity contribution in [2.45, 2.75) is 146 Å². The summed E-state index contributed by atoms with van der Waals surface area (Å²) in [5.74, 6) is 0.676. The van der Waals surface area contributed by atoms with E-state index < -0.39 is 37.5 Å². The van der Waals surface area contributed by atoms with Crippen LogP contribution in [0.4, 0.5) is 28.4 Å². The number of nitro benzene ring substituents is 1. The third-order valence-corrected chi connectivity index (χ3v) is 20.7. The van der Waals surface area contributed by atoms with Gasteiger partial charge in [0.2, 0.25) is 5.88 Å². The molecular formula is C61H77N9O10S. The number of benzene rings is 3. The Balaban J connectivity index is 0.774. The lowest BCUT2D eigenvalue weighted by Gasteiger charge is -2.59. The molecule has 5 aromatic rings. The Kier molecular flexibility index (Phi) is 14.4. The van der Waals surface area contributed by atoms with Crippen LogP contribution < -0.4 is 34.0 Å². The maximum atomic E-state index is 14.9. The van der Waals surface area contributed by atoms with Crippen molar-refractivity contribution in [2.75, 3.05) is 80.9 Å². The molecule has 3 N–H and O–H groups in total. The molecule has 8 aliphatic rings. The number of nitrogens with zero attached hydrogens (tertiary/aromatic N) is 6. The second-order valence-electron chi connectivity index (χ2n) is 25.3. The van der Waals surface area contributed by atoms with Gasteiger partial charge in [-0.05, 0) is 138 Å². The SMILES string of the molecule is CC(C)Oc1ccccc1[C@@H]1CN(C2CCC(C)(C)CC2)CCN1C1CC2(CCN(c3ccc(C(=O)NS(=O)(=O)c4cc5c(c([N+](=O)[O-])c4)N[C@H](C4CCOCC4)CO5)c(N4c5cc6cc[nH]c6nc5O[C@H]5COCC[C@@H]54)c3)CC2)C1. The summed E-state index contributed by atoms with van der Waals surface area (Å²) in [5, 5.41) is 16.7. The van der Waals surface area contributed by atoms with Crippen molar-refractivity contribution in [3.8, 4) is 17.4 Å². The van der Waals surface area contributed by atoms with Gasteiger partial charge in [0.05, 0.1) is 51.9 Å². The van der Waals surface area contributed by atoms with Gasteiger partial charge in [-0.1, -0.05) is 32.0 Å². The minimum atomic E-state index is -4.71. The molecule has 20 heteroatoms. The Morgan fingerprint density at radius 1 is 0.877 bits per heavy atom. The van der Waals surface area contributed by atoms with Crippen LogP contribution in [0.1, 0.15) is 120 Å². The van der Waals surface area contributed by atoms with Gasteiger partial charge in [-0.3, -0.25) is 24.7 Å². The van der Waals surface area contributed by atoms with Gasteiger partial charge >= 0.3 is 0 Å². The van der Waals surface area contributed by atoms with Crippen LogP contribution in [0.3, 0.4) is 0 Å². The quantitative estimate of drug-likeness (QED) is 0.0785. The van der Waals surface area contributed by atoms with Gasteiger partial charge < -0.3 is 43.8 Å². The van der Waals surface area contributed by atoms with Crippen LogP contribution >= 0.6 is 0 Å². The molecule has 0 unspecified atom stereocenters. The van der Waals surface area contributed by atoms with Crippen molar-refractivity contribution in [3.05, 3.63) is 94.2 Å². The van der Waals surface area contributed by atoms with Crippen LogP contribution in [-0.2, 0) is 19.5 Å². The number of H-pyrrole nitrogens is 1. The topological polar surface area (TPSA) is 206 Å². The first-order valence-electron chi connectivity index (χ1n) is 29.6. The second kappa shape index (κ2) is 21.5. The van der Waals surface area contributed by atoms with E-state index in [4.69, 9.17) is 28.7 Å². The van der Waals surface area contributed by atoms with Crippen LogP contribution in [-0.4, -0.2) is 141 Å². The molecule has 2 aliphatic carbocycles. The highest BCUT2D eigenvalue weighted by atomic mass is 32.2. The first-order chi connectivity index (χ1) is 39.1. The monoisotopic (exact) mass is 1130 g/mol. The third kappa shape index (κ3) is 10.6. The zero-order valence-electron chi connectivity index (χ0n) is 47.1. The highest BCUT2D eigenvalue weighted by Crippen LogP contribution is 2.55. The number of ether oxygens (including phenoxy) is 5. The molecule has 6 fully saturated rings. The number of fused-ring (bicyclic) bond motifs is 4. The fraction of sp³-hybridized carbons (Fsp3) is 0.574. The van der Waals surface area contributed by atoms with Crippen LogP contribution in [0.5, 0.6) is 17.4 Å². The van der Waals surface area contributed by atoms with E-state index >= 15 is 0 Å². The summed E-state index contributed by atoms with van der Waals surface area (Å²) in [5.41, 5.74) is 4.40. The van der Waals surface area contributed by atoms with Crippen molar-refractivity contribution in [1.82, 2.24) is 24.5 Å². The molecule has 81 heavy (non-hydrogen) atoms. The number of nitro groups is 1. The molecule has 432 valence electrons. The zero-order chi connectivity index (χ0) is 55.8. The number of nitrogens with one attached hydrogen (secondary N) is 3. The summed E-state index contributed by atoms with van der Waals surface area (Å²) in [4.78, 5) is 44.6. The van der Waals surface area contributed by atoms with Crippen molar-refractivity contribution in [1.29, 1.82) is 0 Å². The highest BCUT2D eigenvalue weighted by molar-refractivity contribution is 7.90. The number of rotatable bonds is 12. The van der Waals surface area contributed by atoms with E-state index in [1.165, 1.54) is 37.3 Å². The van der Waals surface area contributed by atoms with Gasteiger partial charge in [0.15, 0.2) is 11.4 Å². The number of anilines is 4. The number of pyridine rings is 1. The molecule has 2 saturated carbocycles. The first kappa shape index (κ1) is 54.1. The predicted octanol–water partition coefficient (Wildman–Crippen LogP) is 9.74. The standard InChI is InChI=1S/C61H77N9O10S/c1-38(2)79-53-8-6-5-7-45(53)52-35-67(41-11-17-60(3,4)18-12-41)24-25-68(52)43-33-61(34-43)19-22-66(23-20-61)42-9-10-46(49(30-42)69-48-16-28-77-37-55(48)80-59-51(69)29-40-13-21-62-57(40)64-59)58(71)65-81(74,75)44-31-50(70(72)73)56-54(32-44)78-36-47(63-56)39-14-26-76-27-15-39/h5-10,13,21,29-32,38-39,41,43,47-48,52,55,63H,11-12,14-20,22-28,33-37H2,1-4H3,(H,62,64)(H,65,71)/t47-,48-,52-,55-/m0/s1. The van der Waals surface area contributed by atoms with E-state index in [1.54, 1.807) is 6.07 Å². The highest BCUT2D eigenvalue weighted by Gasteiger charge is 2.51. The molecule has 13 rings (SSSR count). The van der Waals surface area contributed by atoms with Crippen molar-refractivity contribution >= 4 is 55.4 Å². The molecule has 1 amide bonds. The lowest BCUT2D eigenvalue weighted by Crippen LogP contribution is -2.61. The maximum absolute atomic E-state index is 14.9. The molecule has 0 bridgehead atoms. The van der Waals surface area contributed by atoms with E-state index in [0.29, 0.717) is 73.2 Å². The summed E-state index contributed by atoms with van der Waals surface area (Å²) < 4.78 is 61.9. The molecule has 2 aromatic heterocycles. The molecule has 4 atom stereocenters. The Hall–Kier alpha value is -6.19. The van der Waals surface area contributed by atoms with Crippen LogP contribution in [0.15, 0.2) is 77.8 Å². The number of piperidine rings is 1. The lowest BCUT2D eigenvalue weighted by molar-refractivity contribution is -0.384. The van der Waals surface area contributed by atoms with Crippen LogP contribution in [0, 0.1) is 26.9 Å². The van der Waals surface area contributed by atoms with E-state index in [9.17, 15) is 23.3 Å². The van der Waals surface area contributed by atoms with Gasteiger partial charge in [-0.2, -0.15) is 4.98 Å². The number of amides is 1. The van der Waals surface area contributed by atoms with Gasteiger partial charge in [-0.25, -0.2) is 13.1 Å². The molecule has 3 aromatic carbocycles. The van der Waals surface area contributed by atoms with Crippen molar-refractivity contribution < 1.29 is 41.8 Å². The smallest absolute Gasteiger partial charge is 0.297 e. The number of carbonyl (C=O) groups excluding carboxylic acids is 1. The number of piperazine rings is 1. The Labute approximate surface area is 474 Å². The number of sulfonamides is 1. The summed E-state index contributed by atoms with van der Waals surface area (Å²) in [6.45, 7) is 16.0. The average Bonchev–Trinajstić information content (AvgIpc) is 4.11. The minimum Gasteiger partial charge on any atom is -0.491 e. The number of hydrogen-bond donors (Lipinski definition) is 3. The Morgan fingerprint density at radius 3 is 2.43 bits per heavy atom. The number of carbonyl (C=O) groups is 1. The normalized spacial score (nSPS) is 26.1. The fourth-order valence-corrected chi connectivity index (χ4v) is 15.8. The number of para-hydroxylation sites is 1. The van der Waals surface area contributed by atoms with Crippen LogP contribution in [0.25, 0.3) is 11.0 Å². The third-order valence-electron chi connectivity index (χ3n) is 19.4. The fourth-order valence-electron chi connectivity index (χ4n) is 14.8. The molecule has 1 spiro atoms. The number of aromatic nitrogens is 2. The van der Waals surface area contributed by atoms with Gasteiger partial charge in [0, 0.05) is 99.6 Å². The van der Waals surface area contributed by atoms with E-state index in [2.05, 4.69) is 86.6 Å². The first-order valence-corrected chi connectivity index (χ1v) is 31.1. The van der Waals surface area contributed by atoms with Crippen molar-refractivity contribution in [3.63, 3.8) is 0 Å². The van der Waals surface area contributed by atoms with Gasteiger partial charge in [0.1, 0.15) is 29.8 Å². The summed E-state index contributed by atoms with van der Waals surface area (Å²) >= 11 is 0. The van der Waals surface area contributed by atoms with Gasteiger partial charge in [-0.15, -0.1) is 0 Å². The molecule has 4 saturated heterocycles. The predicted molar refractivity (Wildman–Crippen MR) is 309 cm³/mol. The molecule has 19 nitrogen and oxygen atoms in total. The number of hydrogen-bond acceptors (Lipinski definition) is 16.